The van der Waals surface area contributed by atoms with E-state index < -0.39 is 11.9 Å². The van der Waals surface area contributed by atoms with Crippen molar-refractivity contribution in [2.24, 2.45) is 12.0 Å². The van der Waals surface area contributed by atoms with E-state index in [0.717, 1.165) is 32.0 Å². The summed E-state index contributed by atoms with van der Waals surface area (Å²) in [6.07, 6.45) is 4.30. The van der Waals surface area contributed by atoms with E-state index in [2.05, 4.69) is 25.6 Å². The lowest BCUT2D eigenvalue weighted by atomic mass is 10.0. The van der Waals surface area contributed by atoms with Crippen LogP contribution in [0.3, 0.4) is 0 Å². The minimum absolute atomic E-state index is 0.0310. The first kappa shape index (κ1) is 20.0. The Kier molecular flexibility index (Phi) is 6.29. The topological polar surface area (TPSA) is 57.5 Å². The van der Waals surface area contributed by atoms with Crippen LogP contribution in [-0.2, 0) is 19.8 Å². The molecule has 2 fully saturated rings. The maximum absolute atomic E-state index is 13.1. The van der Waals surface area contributed by atoms with Crippen molar-refractivity contribution < 1.29 is 13.2 Å². The van der Waals surface area contributed by atoms with Crippen molar-refractivity contribution in [3.8, 4) is 0 Å². The summed E-state index contributed by atoms with van der Waals surface area (Å²) in [6, 6.07) is 1.04. The first-order valence-corrected chi connectivity index (χ1v) is 9.67. The molecule has 2 aliphatic rings. The standard InChI is InChI=1S/C18H29F3N6/c1-22-17(23-11-13-12-26(2)25-16(13)18(19,20)21)24-14-7-9-27(10-8-14)15-5-3-4-6-15/h12,14-15H,3-11H2,1-2H3,(H2,22,23,24). The van der Waals surface area contributed by atoms with Crippen molar-refractivity contribution >= 4 is 5.96 Å². The Labute approximate surface area is 158 Å². The zero-order valence-electron chi connectivity index (χ0n) is 16.0. The molecular formula is C18H29F3N6. The van der Waals surface area contributed by atoms with Gasteiger partial charge in [0.05, 0.1) is 0 Å². The molecule has 1 aromatic rings. The molecule has 1 saturated heterocycles. The highest BCUT2D eigenvalue weighted by molar-refractivity contribution is 5.80. The van der Waals surface area contributed by atoms with E-state index in [4.69, 9.17) is 0 Å². The minimum atomic E-state index is -4.46. The van der Waals surface area contributed by atoms with Gasteiger partial charge >= 0.3 is 6.18 Å². The number of aliphatic imine (C=N–C) groups is 1. The van der Waals surface area contributed by atoms with Gasteiger partial charge in [-0.05, 0) is 25.7 Å². The highest BCUT2D eigenvalue weighted by atomic mass is 19.4. The van der Waals surface area contributed by atoms with Crippen LogP contribution < -0.4 is 10.6 Å². The Balaban J connectivity index is 1.49. The van der Waals surface area contributed by atoms with E-state index in [1.54, 1.807) is 7.05 Å². The molecule has 0 unspecified atom stereocenters. The second kappa shape index (κ2) is 8.50. The Morgan fingerprint density at radius 2 is 1.89 bits per heavy atom. The predicted octanol–water partition coefficient (Wildman–Crippen LogP) is 2.51. The third kappa shape index (κ3) is 5.15. The molecule has 152 valence electrons. The molecule has 1 aromatic heterocycles. The lowest BCUT2D eigenvalue weighted by Gasteiger charge is -2.36. The van der Waals surface area contributed by atoms with Gasteiger partial charge in [0.2, 0.25) is 0 Å². The summed E-state index contributed by atoms with van der Waals surface area (Å²) in [4.78, 5) is 6.75. The number of piperidine rings is 1. The number of aryl methyl sites for hydroxylation is 1. The van der Waals surface area contributed by atoms with Crippen LogP contribution in [0, 0.1) is 0 Å². The van der Waals surface area contributed by atoms with E-state index in [0.29, 0.717) is 12.0 Å². The normalized spacial score (nSPS) is 21.0. The molecule has 0 spiro atoms. The number of aromatic nitrogens is 2. The van der Waals surface area contributed by atoms with Gasteiger partial charge in [0, 0.05) is 57.6 Å². The quantitative estimate of drug-likeness (QED) is 0.617. The van der Waals surface area contributed by atoms with Crippen LogP contribution in [-0.4, -0.2) is 52.9 Å². The van der Waals surface area contributed by atoms with Crippen molar-refractivity contribution in [3.05, 3.63) is 17.5 Å². The zero-order valence-corrected chi connectivity index (χ0v) is 16.0. The molecule has 3 rings (SSSR count). The maximum Gasteiger partial charge on any atom is 0.435 e. The van der Waals surface area contributed by atoms with Crippen LogP contribution in [0.25, 0.3) is 0 Å². The molecule has 0 aromatic carbocycles. The molecule has 0 bridgehead atoms. The third-order valence-corrected chi connectivity index (χ3v) is 5.55. The molecule has 0 radical (unpaired) electrons. The van der Waals surface area contributed by atoms with Gasteiger partial charge in [0.1, 0.15) is 0 Å². The summed E-state index contributed by atoms with van der Waals surface area (Å²) in [7, 11) is 3.13. The van der Waals surface area contributed by atoms with E-state index in [1.165, 1.54) is 43.6 Å². The molecule has 2 N–H and O–H groups in total. The van der Waals surface area contributed by atoms with Crippen LogP contribution in [0.1, 0.15) is 49.8 Å². The average molecular weight is 386 g/mol. The summed E-state index contributed by atoms with van der Waals surface area (Å²) in [5.74, 6) is 0.534. The summed E-state index contributed by atoms with van der Waals surface area (Å²) >= 11 is 0. The fraction of sp³-hybridized carbons (Fsp3) is 0.778. The largest absolute Gasteiger partial charge is 0.435 e. The number of hydrogen-bond donors (Lipinski definition) is 2. The number of alkyl halides is 3. The Bertz CT molecular complexity index is 640. The smallest absolute Gasteiger partial charge is 0.354 e. The van der Waals surface area contributed by atoms with Crippen LogP contribution in [0.2, 0.25) is 0 Å². The molecule has 1 saturated carbocycles. The van der Waals surface area contributed by atoms with Crippen LogP contribution in [0.15, 0.2) is 11.2 Å². The van der Waals surface area contributed by atoms with Crippen molar-refractivity contribution in [3.63, 3.8) is 0 Å². The lowest BCUT2D eigenvalue weighted by molar-refractivity contribution is -0.142. The van der Waals surface area contributed by atoms with Gasteiger partial charge in [-0.1, -0.05) is 12.8 Å². The Morgan fingerprint density at radius 3 is 2.48 bits per heavy atom. The fourth-order valence-corrected chi connectivity index (χ4v) is 4.15. The van der Waals surface area contributed by atoms with Gasteiger partial charge in [-0.15, -0.1) is 0 Å². The summed E-state index contributed by atoms with van der Waals surface area (Å²) in [5.41, 5.74) is -0.734. The van der Waals surface area contributed by atoms with Crippen molar-refractivity contribution in [2.75, 3.05) is 20.1 Å². The van der Waals surface area contributed by atoms with Crippen molar-refractivity contribution in [1.29, 1.82) is 0 Å². The van der Waals surface area contributed by atoms with Gasteiger partial charge in [0.25, 0.3) is 0 Å². The molecular weight excluding hydrogens is 357 g/mol. The molecule has 0 amide bonds. The number of halogens is 3. The minimum Gasteiger partial charge on any atom is -0.354 e. The summed E-state index contributed by atoms with van der Waals surface area (Å²) in [5, 5.41) is 9.89. The van der Waals surface area contributed by atoms with E-state index in [1.807, 2.05) is 0 Å². The van der Waals surface area contributed by atoms with Gasteiger partial charge in [-0.25, -0.2) is 0 Å². The van der Waals surface area contributed by atoms with Crippen LogP contribution in [0.5, 0.6) is 0 Å². The van der Waals surface area contributed by atoms with Crippen molar-refractivity contribution in [1.82, 2.24) is 25.3 Å². The molecule has 2 heterocycles. The van der Waals surface area contributed by atoms with E-state index >= 15 is 0 Å². The summed E-state index contributed by atoms with van der Waals surface area (Å²) in [6.45, 7) is 2.17. The van der Waals surface area contributed by atoms with Gasteiger partial charge < -0.3 is 15.5 Å². The molecule has 27 heavy (non-hydrogen) atoms. The SMILES string of the molecule is CN=C(NCc1cn(C)nc1C(F)(F)F)NC1CCN(C2CCCC2)CC1. The number of nitrogens with zero attached hydrogens (tertiary/aromatic N) is 4. The molecule has 9 heteroatoms. The third-order valence-electron chi connectivity index (χ3n) is 5.55. The first-order chi connectivity index (χ1) is 12.9. The van der Waals surface area contributed by atoms with E-state index in [-0.39, 0.29) is 12.1 Å². The Morgan fingerprint density at radius 1 is 1.22 bits per heavy atom. The number of hydrogen-bond acceptors (Lipinski definition) is 3. The van der Waals surface area contributed by atoms with Gasteiger partial charge in [-0.3, -0.25) is 9.67 Å². The number of guanidine groups is 1. The predicted molar refractivity (Wildman–Crippen MR) is 98.4 cm³/mol. The second-order valence-corrected chi connectivity index (χ2v) is 7.49. The number of nitrogens with one attached hydrogen (secondary N) is 2. The van der Waals surface area contributed by atoms with Crippen LogP contribution in [0.4, 0.5) is 13.2 Å². The molecule has 1 aliphatic carbocycles. The van der Waals surface area contributed by atoms with Gasteiger partial charge in [0.15, 0.2) is 11.7 Å². The van der Waals surface area contributed by atoms with Gasteiger partial charge in [-0.2, -0.15) is 18.3 Å². The molecule has 6 nitrogen and oxygen atoms in total. The highest BCUT2D eigenvalue weighted by Gasteiger charge is 2.36. The van der Waals surface area contributed by atoms with Crippen molar-refractivity contribution in [2.45, 2.75) is 63.3 Å². The number of rotatable bonds is 4. The first-order valence-electron chi connectivity index (χ1n) is 9.67. The monoisotopic (exact) mass is 386 g/mol. The fourth-order valence-electron chi connectivity index (χ4n) is 4.15. The zero-order chi connectivity index (χ0) is 19.4. The number of likely N-dealkylation sites (tertiary alicyclic amines) is 1. The average Bonchev–Trinajstić information content (AvgIpc) is 3.28. The van der Waals surface area contributed by atoms with Crippen LogP contribution >= 0.6 is 0 Å². The highest BCUT2D eigenvalue weighted by Crippen LogP contribution is 2.30. The second-order valence-electron chi connectivity index (χ2n) is 7.49. The molecule has 1 aliphatic heterocycles. The van der Waals surface area contributed by atoms with E-state index in [9.17, 15) is 13.2 Å². The summed E-state index contributed by atoms with van der Waals surface area (Å²) < 4.78 is 40.3. The Hall–Kier alpha value is -1.77. The molecule has 0 atom stereocenters. The maximum atomic E-state index is 13.1. The lowest BCUT2D eigenvalue weighted by Crippen LogP contribution is -2.50.